The van der Waals surface area contributed by atoms with Gasteiger partial charge in [-0.3, -0.25) is 24.5 Å². The standard InChI is InChI=1S/C37H47N5O7S/c1-37(2)33(35(49)40-28(18-24-12-6-3-7-13-24)29(45)20-30(46)38-22-27(44)23-43)42-36(50-37)32(34(48)39-21-26-16-10-5-11-17-26)41-31(47)19-25-14-8-4-9-15-25/h3-17,27-29,32-33,36,42-45H,18-23H2,1-2H3,(H,38,46)(H,39,48)(H,40,49)(H,41,47)/t27?,28-,29-,32-,33+,36-/m1/s1. The average Bonchev–Trinajstić information content (AvgIpc) is 3.43. The molecule has 4 rings (SSSR count). The predicted molar refractivity (Wildman–Crippen MR) is 192 cm³/mol. The van der Waals surface area contributed by atoms with E-state index in [9.17, 15) is 29.4 Å². The minimum absolute atomic E-state index is 0.0690. The van der Waals surface area contributed by atoms with E-state index in [2.05, 4.69) is 26.6 Å². The van der Waals surface area contributed by atoms with Crippen molar-refractivity contribution in [2.45, 2.75) is 80.1 Å². The highest BCUT2D eigenvalue weighted by molar-refractivity contribution is 8.01. The van der Waals surface area contributed by atoms with E-state index in [-0.39, 0.29) is 38.3 Å². The van der Waals surface area contributed by atoms with Gasteiger partial charge in [-0.1, -0.05) is 91.0 Å². The molecule has 1 heterocycles. The number of aliphatic hydroxyl groups is 3. The largest absolute Gasteiger partial charge is 0.394 e. The molecular weight excluding hydrogens is 659 g/mol. The summed E-state index contributed by atoms with van der Waals surface area (Å²) in [7, 11) is 0. The highest BCUT2D eigenvalue weighted by Gasteiger charge is 2.49. The van der Waals surface area contributed by atoms with Crippen molar-refractivity contribution in [2.24, 2.45) is 0 Å². The zero-order chi connectivity index (χ0) is 36.1. The molecule has 0 aromatic heterocycles. The number of amides is 4. The van der Waals surface area contributed by atoms with Gasteiger partial charge >= 0.3 is 0 Å². The second-order valence-corrected chi connectivity index (χ2v) is 14.7. The van der Waals surface area contributed by atoms with E-state index in [1.54, 1.807) is 0 Å². The Labute approximate surface area is 296 Å². The first kappa shape index (κ1) is 38.5. The van der Waals surface area contributed by atoms with Crippen molar-refractivity contribution in [3.63, 3.8) is 0 Å². The van der Waals surface area contributed by atoms with Crippen LogP contribution in [0.4, 0.5) is 0 Å². The van der Waals surface area contributed by atoms with Gasteiger partial charge in [-0.25, -0.2) is 0 Å². The average molecular weight is 706 g/mol. The normalized spacial score (nSPS) is 19.0. The number of carbonyl (C=O) groups excluding carboxylic acids is 4. The molecular formula is C37H47N5O7S. The summed E-state index contributed by atoms with van der Waals surface area (Å²) in [4.78, 5) is 53.4. The zero-order valence-electron chi connectivity index (χ0n) is 28.2. The highest BCUT2D eigenvalue weighted by atomic mass is 32.2. The third kappa shape index (κ3) is 11.7. The molecule has 50 heavy (non-hydrogen) atoms. The number of carbonyl (C=O) groups is 4. The van der Waals surface area contributed by atoms with Crippen LogP contribution in [-0.2, 0) is 38.6 Å². The molecule has 6 atom stereocenters. The van der Waals surface area contributed by atoms with Crippen molar-refractivity contribution in [3.8, 4) is 0 Å². The molecule has 13 heteroatoms. The Morgan fingerprint density at radius 3 is 1.98 bits per heavy atom. The Balaban J connectivity index is 1.49. The van der Waals surface area contributed by atoms with Crippen molar-refractivity contribution >= 4 is 35.4 Å². The van der Waals surface area contributed by atoms with E-state index in [0.717, 1.165) is 16.7 Å². The third-order valence-corrected chi connectivity index (χ3v) is 9.87. The van der Waals surface area contributed by atoms with E-state index in [4.69, 9.17) is 5.11 Å². The fraction of sp³-hybridized carbons (Fsp3) is 0.405. The first-order valence-corrected chi connectivity index (χ1v) is 17.5. The summed E-state index contributed by atoms with van der Waals surface area (Å²) < 4.78 is -0.753. The van der Waals surface area contributed by atoms with Crippen LogP contribution in [0.2, 0.25) is 0 Å². The van der Waals surface area contributed by atoms with Crippen molar-refractivity contribution in [1.29, 1.82) is 0 Å². The lowest BCUT2D eigenvalue weighted by molar-refractivity contribution is -0.129. The smallest absolute Gasteiger partial charge is 0.245 e. The Bertz CT molecular complexity index is 1550. The maximum absolute atomic E-state index is 14.0. The van der Waals surface area contributed by atoms with Crippen LogP contribution in [0.1, 0.15) is 37.0 Å². The summed E-state index contributed by atoms with van der Waals surface area (Å²) in [5.74, 6) is -1.75. The molecule has 3 aromatic carbocycles. The Morgan fingerprint density at radius 1 is 0.800 bits per heavy atom. The lowest BCUT2D eigenvalue weighted by Gasteiger charge is -2.29. The van der Waals surface area contributed by atoms with Crippen molar-refractivity contribution in [3.05, 3.63) is 108 Å². The van der Waals surface area contributed by atoms with Gasteiger partial charge < -0.3 is 36.6 Å². The predicted octanol–water partition coefficient (Wildman–Crippen LogP) is 0.788. The maximum Gasteiger partial charge on any atom is 0.245 e. The molecule has 268 valence electrons. The fourth-order valence-corrected chi connectivity index (χ4v) is 7.14. The number of hydrogen-bond donors (Lipinski definition) is 8. The van der Waals surface area contributed by atoms with E-state index in [1.807, 2.05) is 105 Å². The molecule has 1 aliphatic rings. The molecule has 0 spiro atoms. The summed E-state index contributed by atoms with van der Waals surface area (Å²) >= 11 is 1.35. The number of benzene rings is 3. The fourth-order valence-electron chi connectivity index (χ4n) is 5.65. The van der Waals surface area contributed by atoms with Gasteiger partial charge in [-0.15, -0.1) is 11.8 Å². The summed E-state index contributed by atoms with van der Waals surface area (Å²) in [6.45, 7) is 3.27. The first-order chi connectivity index (χ1) is 23.9. The van der Waals surface area contributed by atoms with Gasteiger partial charge in [-0.2, -0.15) is 0 Å². The Kier molecular flexibility index (Phi) is 14.4. The quantitative estimate of drug-likeness (QED) is 0.100. The van der Waals surface area contributed by atoms with Gasteiger partial charge in [0.25, 0.3) is 0 Å². The number of aliphatic hydroxyl groups excluding tert-OH is 3. The van der Waals surface area contributed by atoms with Crippen molar-refractivity contribution in [1.82, 2.24) is 26.6 Å². The van der Waals surface area contributed by atoms with Gasteiger partial charge in [0.2, 0.25) is 23.6 Å². The minimum Gasteiger partial charge on any atom is -0.394 e. The number of thioether (sulfide) groups is 1. The third-order valence-electron chi connectivity index (χ3n) is 8.37. The van der Waals surface area contributed by atoms with Crippen LogP contribution in [0.15, 0.2) is 91.0 Å². The van der Waals surface area contributed by atoms with Crippen LogP contribution in [0.5, 0.6) is 0 Å². The second-order valence-electron chi connectivity index (χ2n) is 12.9. The Morgan fingerprint density at radius 2 is 1.38 bits per heavy atom. The molecule has 1 unspecified atom stereocenters. The summed E-state index contributed by atoms with van der Waals surface area (Å²) in [6, 6.07) is 25.1. The van der Waals surface area contributed by atoms with Crippen LogP contribution in [0.25, 0.3) is 0 Å². The monoisotopic (exact) mass is 705 g/mol. The molecule has 0 bridgehead atoms. The van der Waals surface area contributed by atoms with Crippen molar-refractivity contribution < 1.29 is 34.5 Å². The molecule has 12 nitrogen and oxygen atoms in total. The van der Waals surface area contributed by atoms with Crippen LogP contribution in [0, 0.1) is 0 Å². The molecule has 1 aliphatic heterocycles. The van der Waals surface area contributed by atoms with Crippen molar-refractivity contribution in [2.75, 3.05) is 13.2 Å². The number of rotatable bonds is 17. The van der Waals surface area contributed by atoms with E-state index >= 15 is 0 Å². The van der Waals surface area contributed by atoms with Gasteiger partial charge in [-0.05, 0) is 37.0 Å². The zero-order valence-corrected chi connectivity index (χ0v) is 29.1. The van der Waals surface area contributed by atoms with Gasteiger partial charge in [0, 0.05) is 17.8 Å². The van der Waals surface area contributed by atoms with Crippen LogP contribution >= 0.6 is 11.8 Å². The second kappa shape index (κ2) is 18.6. The number of hydrogen-bond acceptors (Lipinski definition) is 9. The lowest BCUT2D eigenvalue weighted by atomic mass is 9.96. The van der Waals surface area contributed by atoms with E-state index < -0.39 is 64.8 Å². The molecule has 0 radical (unpaired) electrons. The van der Waals surface area contributed by atoms with Gasteiger partial charge in [0.15, 0.2) is 0 Å². The van der Waals surface area contributed by atoms with Crippen LogP contribution in [0.3, 0.4) is 0 Å². The van der Waals surface area contributed by atoms with Gasteiger partial charge in [0.05, 0.1) is 43.1 Å². The van der Waals surface area contributed by atoms with Crippen LogP contribution in [-0.4, -0.2) is 92.6 Å². The van der Waals surface area contributed by atoms with E-state index in [0.29, 0.717) is 0 Å². The molecule has 3 aromatic rings. The molecule has 8 N–H and O–H groups in total. The molecule has 4 amide bonds. The lowest BCUT2D eigenvalue weighted by Crippen LogP contribution is -2.59. The molecule has 1 fully saturated rings. The number of nitrogens with one attached hydrogen (secondary N) is 5. The first-order valence-electron chi connectivity index (χ1n) is 16.6. The highest BCUT2D eigenvalue weighted by Crippen LogP contribution is 2.39. The van der Waals surface area contributed by atoms with E-state index in [1.165, 1.54) is 11.8 Å². The minimum atomic E-state index is -1.29. The summed E-state index contributed by atoms with van der Waals surface area (Å²) in [5.41, 5.74) is 2.51. The molecule has 0 saturated carbocycles. The molecule has 1 saturated heterocycles. The SMILES string of the molecule is CC1(C)S[C@H]([C@H](NC(=O)Cc2ccccc2)C(=O)NCc2ccccc2)N[C@H]1C(=O)N[C@H](Cc1ccccc1)[C@H](O)CC(=O)NCC(O)CO. The summed E-state index contributed by atoms with van der Waals surface area (Å²) in [5, 5.41) is 43.6. The summed E-state index contributed by atoms with van der Waals surface area (Å²) in [6.07, 6.45) is -2.48. The molecule has 0 aliphatic carbocycles. The Hall–Kier alpha value is -4.27. The maximum atomic E-state index is 14.0. The van der Waals surface area contributed by atoms with Gasteiger partial charge in [0.1, 0.15) is 12.1 Å². The van der Waals surface area contributed by atoms with Crippen LogP contribution < -0.4 is 26.6 Å². The topological polar surface area (TPSA) is 189 Å².